The predicted octanol–water partition coefficient (Wildman–Crippen LogP) is 5.40. The third-order valence-electron chi connectivity index (χ3n) is 4.94. The zero-order valence-corrected chi connectivity index (χ0v) is 14.7. The highest BCUT2D eigenvalue weighted by Gasteiger charge is 2.35. The summed E-state index contributed by atoms with van der Waals surface area (Å²) in [5, 5.41) is 0. The molecule has 0 aromatic heterocycles. The van der Waals surface area contributed by atoms with E-state index in [0.29, 0.717) is 5.69 Å². The van der Waals surface area contributed by atoms with E-state index in [1.807, 2.05) is 24.3 Å². The van der Waals surface area contributed by atoms with Crippen LogP contribution in [0.25, 0.3) is 0 Å². The van der Waals surface area contributed by atoms with Gasteiger partial charge in [-0.15, -0.1) is 0 Å². The first-order valence-corrected chi connectivity index (χ1v) is 9.21. The average Bonchev–Trinajstić information content (AvgIpc) is 2.59. The van der Waals surface area contributed by atoms with E-state index in [2.05, 4.69) is 16.8 Å². The Hall–Kier alpha value is -1.66. The predicted molar refractivity (Wildman–Crippen MR) is 94.7 cm³/mol. The number of likely N-dealkylation sites (tertiary alicyclic amines) is 1. The zero-order valence-electron chi connectivity index (χ0n) is 13.9. The molecule has 25 heavy (non-hydrogen) atoms. The standard InChI is InChI=1S/C19H19F3N2S/c1-23-10-8-14(9-11-23)24-15-4-2-3-5-17(15)25-18-7-6-13(12-16(18)24)19(20,21)22/h2-7,12,14H,8-11H2,1H3. The molecule has 2 aliphatic heterocycles. The van der Waals surface area contributed by atoms with Gasteiger partial charge in [0.05, 0.1) is 16.9 Å². The monoisotopic (exact) mass is 364 g/mol. The summed E-state index contributed by atoms with van der Waals surface area (Å²) in [6.45, 7) is 1.93. The highest BCUT2D eigenvalue weighted by molar-refractivity contribution is 7.99. The molecule has 0 spiro atoms. The van der Waals surface area contributed by atoms with Crippen LogP contribution in [0.3, 0.4) is 0 Å². The SMILES string of the molecule is CN1CCC(N2c3ccccc3Sc3ccc(C(F)(F)F)cc32)CC1. The van der Waals surface area contributed by atoms with Crippen LogP contribution < -0.4 is 4.90 Å². The topological polar surface area (TPSA) is 6.48 Å². The summed E-state index contributed by atoms with van der Waals surface area (Å²) in [5.41, 5.74) is 1.13. The second-order valence-corrected chi connectivity index (χ2v) is 7.74. The van der Waals surface area contributed by atoms with Gasteiger partial charge in [0, 0.05) is 15.8 Å². The minimum atomic E-state index is -4.32. The molecule has 0 radical (unpaired) electrons. The molecule has 6 heteroatoms. The van der Waals surface area contributed by atoms with Crippen LogP contribution in [-0.2, 0) is 6.18 Å². The number of hydrogen-bond donors (Lipinski definition) is 0. The van der Waals surface area contributed by atoms with E-state index < -0.39 is 11.7 Å². The lowest BCUT2D eigenvalue weighted by molar-refractivity contribution is -0.137. The first kappa shape index (κ1) is 16.8. The molecule has 2 aromatic rings. The maximum atomic E-state index is 13.2. The number of para-hydroxylation sites is 1. The molecule has 0 N–H and O–H groups in total. The van der Waals surface area contributed by atoms with Crippen LogP contribution in [0.5, 0.6) is 0 Å². The second kappa shape index (κ2) is 6.25. The minimum Gasteiger partial charge on any atom is -0.336 e. The van der Waals surface area contributed by atoms with Gasteiger partial charge in [0.15, 0.2) is 0 Å². The van der Waals surface area contributed by atoms with Crippen LogP contribution in [0.2, 0.25) is 0 Å². The summed E-state index contributed by atoms with van der Waals surface area (Å²) < 4.78 is 39.7. The second-order valence-electron chi connectivity index (χ2n) is 6.65. The van der Waals surface area contributed by atoms with E-state index in [1.54, 1.807) is 17.8 Å². The fourth-order valence-corrected chi connectivity index (χ4v) is 4.66. The van der Waals surface area contributed by atoms with Gasteiger partial charge in [-0.25, -0.2) is 0 Å². The molecule has 0 aliphatic carbocycles. The number of rotatable bonds is 1. The maximum Gasteiger partial charge on any atom is 0.416 e. The molecule has 0 saturated carbocycles. The Kier molecular flexibility index (Phi) is 4.20. The van der Waals surface area contributed by atoms with Crippen molar-refractivity contribution >= 4 is 23.1 Å². The lowest BCUT2D eigenvalue weighted by Gasteiger charge is -2.42. The highest BCUT2D eigenvalue weighted by atomic mass is 32.2. The number of fused-ring (bicyclic) bond motifs is 2. The first-order chi connectivity index (χ1) is 11.9. The van der Waals surface area contributed by atoms with Gasteiger partial charge < -0.3 is 9.80 Å². The van der Waals surface area contributed by atoms with Crippen molar-refractivity contribution in [1.29, 1.82) is 0 Å². The van der Waals surface area contributed by atoms with E-state index in [9.17, 15) is 13.2 Å². The van der Waals surface area contributed by atoms with Crippen LogP contribution in [0, 0.1) is 0 Å². The Balaban J connectivity index is 1.81. The van der Waals surface area contributed by atoms with Crippen molar-refractivity contribution in [2.45, 2.75) is 34.9 Å². The zero-order chi connectivity index (χ0) is 17.6. The lowest BCUT2D eigenvalue weighted by Crippen LogP contribution is -2.42. The van der Waals surface area contributed by atoms with Crippen molar-refractivity contribution in [3.05, 3.63) is 48.0 Å². The first-order valence-electron chi connectivity index (χ1n) is 8.39. The summed E-state index contributed by atoms with van der Waals surface area (Å²) in [6, 6.07) is 12.3. The summed E-state index contributed by atoms with van der Waals surface area (Å²) in [7, 11) is 2.09. The Labute approximate surface area is 149 Å². The van der Waals surface area contributed by atoms with Crippen molar-refractivity contribution < 1.29 is 13.2 Å². The molecular formula is C19H19F3N2S. The molecule has 132 valence electrons. The number of hydrogen-bond acceptors (Lipinski definition) is 3. The van der Waals surface area contributed by atoms with Gasteiger partial charge >= 0.3 is 6.18 Å². The van der Waals surface area contributed by atoms with E-state index >= 15 is 0 Å². The van der Waals surface area contributed by atoms with E-state index in [1.165, 1.54) is 12.1 Å². The molecule has 2 aliphatic rings. The van der Waals surface area contributed by atoms with Crippen LogP contribution >= 0.6 is 11.8 Å². The lowest BCUT2D eigenvalue weighted by atomic mass is 10.0. The molecule has 2 nitrogen and oxygen atoms in total. The molecule has 0 bridgehead atoms. The quantitative estimate of drug-likeness (QED) is 0.669. The van der Waals surface area contributed by atoms with Crippen LogP contribution in [0.4, 0.5) is 24.5 Å². The van der Waals surface area contributed by atoms with Crippen LogP contribution in [0.15, 0.2) is 52.3 Å². The molecular weight excluding hydrogens is 345 g/mol. The van der Waals surface area contributed by atoms with Gasteiger partial charge in [0.25, 0.3) is 0 Å². The molecule has 1 saturated heterocycles. The van der Waals surface area contributed by atoms with E-state index in [4.69, 9.17) is 0 Å². The smallest absolute Gasteiger partial charge is 0.336 e. The van der Waals surface area contributed by atoms with Crippen LogP contribution in [0.1, 0.15) is 18.4 Å². The molecule has 0 amide bonds. The average molecular weight is 364 g/mol. The largest absolute Gasteiger partial charge is 0.416 e. The number of alkyl halides is 3. The Bertz CT molecular complexity index is 782. The van der Waals surface area contributed by atoms with Gasteiger partial charge in [-0.1, -0.05) is 23.9 Å². The molecule has 2 heterocycles. The summed E-state index contributed by atoms with van der Waals surface area (Å²) in [4.78, 5) is 6.41. The van der Waals surface area contributed by atoms with Crippen molar-refractivity contribution in [1.82, 2.24) is 4.90 Å². The normalized spacial score (nSPS) is 18.8. The Morgan fingerprint density at radius 3 is 2.36 bits per heavy atom. The Morgan fingerprint density at radius 2 is 1.64 bits per heavy atom. The molecule has 0 atom stereocenters. The number of piperidine rings is 1. The van der Waals surface area contributed by atoms with Gasteiger partial charge in [0.1, 0.15) is 0 Å². The van der Waals surface area contributed by atoms with Gasteiger partial charge in [0.2, 0.25) is 0 Å². The van der Waals surface area contributed by atoms with Gasteiger partial charge in [-0.2, -0.15) is 13.2 Å². The maximum absolute atomic E-state index is 13.2. The molecule has 1 fully saturated rings. The van der Waals surface area contributed by atoms with E-state index in [-0.39, 0.29) is 6.04 Å². The van der Waals surface area contributed by atoms with Crippen molar-refractivity contribution in [3.8, 4) is 0 Å². The van der Waals surface area contributed by atoms with Gasteiger partial charge in [-0.05, 0) is 63.3 Å². The Morgan fingerprint density at radius 1 is 0.960 bits per heavy atom. The van der Waals surface area contributed by atoms with Crippen LogP contribution in [-0.4, -0.2) is 31.1 Å². The summed E-state index contributed by atoms with van der Waals surface area (Å²) >= 11 is 1.55. The summed E-state index contributed by atoms with van der Waals surface area (Å²) in [5.74, 6) is 0. The van der Waals surface area contributed by atoms with Crippen molar-refractivity contribution in [2.75, 3.05) is 25.0 Å². The number of nitrogens with zero attached hydrogens (tertiary/aromatic N) is 2. The van der Waals surface area contributed by atoms with E-state index in [0.717, 1.165) is 41.4 Å². The molecule has 2 aromatic carbocycles. The summed E-state index contributed by atoms with van der Waals surface area (Å²) in [6.07, 6.45) is -2.43. The third kappa shape index (κ3) is 3.13. The fraction of sp³-hybridized carbons (Fsp3) is 0.368. The third-order valence-corrected chi connectivity index (χ3v) is 6.07. The number of benzene rings is 2. The highest BCUT2D eigenvalue weighted by Crippen LogP contribution is 2.51. The molecule has 0 unspecified atom stereocenters. The van der Waals surface area contributed by atoms with Crippen molar-refractivity contribution in [2.24, 2.45) is 0 Å². The fourth-order valence-electron chi connectivity index (χ4n) is 3.61. The number of halogens is 3. The van der Waals surface area contributed by atoms with Gasteiger partial charge in [-0.3, -0.25) is 0 Å². The van der Waals surface area contributed by atoms with Crippen molar-refractivity contribution in [3.63, 3.8) is 0 Å². The number of anilines is 2. The minimum absolute atomic E-state index is 0.223. The molecule has 4 rings (SSSR count).